The molecule has 0 saturated carbocycles. The second-order valence-electron chi connectivity index (χ2n) is 6.35. The molecule has 23 heavy (non-hydrogen) atoms. The van der Waals surface area contributed by atoms with Crippen LogP contribution in [0.1, 0.15) is 45.6 Å². The molecule has 1 aliphatic rings. The van der Waals surface area contributed by atoms with Crippen molar-refractivity contribution in [2.45, 2.75) is 51.9 Å². The lowest BCUT2D eigenvalue weighted by molar-refractivity contribution is -0.0890. The summed E-state index contributed by atoms with van der Waals surface area (Å²) >= 11 is 0. The predicted molar refractivity (Wildman–Crippen MR) is 86.9 cm³/mol. The summed E-state index contributed by atoms with van der Waals surface area (Å²) in [7, 11) is 0. The molecule has 2 rings (SSSR count). The third-order valence-corrected chi connectivity index (χ3v) is 3.32. The Morgan fingerprint density at radius 2 is 2.17 bits per heavy atom. The van der Waals surface area contributed by atoms with Crippen LogP contribution in [-0.4, -0.2) is 24.7 Å². The maximum Gasteiger partial charge on any atom is 0.514 e. The van der Waals surface area contributed by atoms with E-state index in [1.54, 1.807) is 32.9 Å². The first-order valence-electron chi connectivity index (χ1n) is 7.78. The number of hydrogen-bond donors (Lipinski definition) is 0. The number of allylic oxidation sites excluding steroid dienone is 1. The van der Waals surface area contributed by atoms with Gasteiger partial charge in [-0.25, -0.2) is 4.79 Å². The number of carbonyl (C=O) groups is 1. The van der Waals surface area contributed by atoms with Gasteiger partial charge in [-0.2, -0.15) is 0 Å². The van der Waals surface area contributed by atoms with E-state index in [4.69, 9.17) is 18.9 Å². The molecular weight excluding hydrogens is 296 g/mol. The van der Waals surface area contributed by atoms with Crippen LogP contribution >= 0.6 is 0 Å². The van der Waals surface area contributed by atoms with Crippen LogP contribution in [0.4, 0.5) is 4.79 Å². The van der Waals surface area contributed by atoms with Crippen LogP contribution < -0.4 is 9.47 Å². The van der Waals surface area contributed by atoms with E-state index < -0.39 is 11.8 Å². The molecule has 5 heteroatoms. The van der Waals surface area contributed by atoms with Gasteiger partial charge in [-0.15, -0.1) is 6.58 Å². The van der Waals surface area contributed by atoms with Gasteiger partial charge in [-0.05, 0) is 33.8 Å². The Bertz CT molecular complexity index is 573. The minimum absolute atomic E-state index is 0.144. The van der Waals surface area contributed by atoms with Crippen LogP contribution in [0.15, 0.2) is 30.9 Å². The van der Waals surface area contributed by atoms with Gasteiger partial charge < -0.3 is 18.9 Å². The van der Waals surface area contributed by atoms with Crippen molar-refractivity contribution in [2.75, 3.05) is 6.61 Å². The fraction of sp³-hybridized carbons (Fsp3) is 0.500. The van der Waals surface area contributed by atoms with Crippen LogP contribution in [0, 0.1) is 0 Å². The van der Waals surface area contributed by atoms with Crippen molar-refractivity contribution in [3.05, 3.63) is 36.4 Å². The van der Waals surface area contributed by atoms with E-state index in [1.165, 1.54) is 0 Å². The van der Waals surface area contributed by atoms with Gasteiger partial charge in [0.1, 0.15) is 17.1 Å². The normalized spacial score (nSPS) is 20.2. The zero-order chi connectivity index (χ0) is 17.0. The molecule has 5 nitrogen and oxygen atoms in total. The highest BCUT2D eigenvalue weighted by molar-refractivity contribution is 5.65. The monoisotopic (exact) mass is 320 g/mol. The molecule has 1 aromatic rings. The SMILES string of the molecule is C=C[C@@H]1C[C@H](OCC)Oc2cc(OC(=O)OC(C)(C)C)ccc21. The molecule has 0 saturated heterocycles. The van der Waals surface area contributed by atoms with Gasteiger partial charge in [0.05, 0.1) is 0 Å². The van der Waals surface area contributed by atoms with Crippen LogP contribution in [0.3, 0.4) is 0 Å². The van der Waals surface area contributed by atoms with Crippen molar-refractivity contribution in [1.82, 2.24) is 0 Å². The van der Waals surface area contributed by atoms with Gasteiger partial charge in [0.2, 0.25) is 6.29 Å². The molecular formula is C18H24O5. The highest BCUT2D eigenvalue weighted by atomic mass is 16.7. The van der Waals surface area contributed by atoms with Crippen LogP contribution in [0.5, 0.6) is 11.5 Å². The van der Waals surface area contributed by atoms with Crippen LogP contribution in [-0.2, 0) is 9.47 Å². The summed E-state index contributed by atoms with van der Waals surface area (Å²) in [6.45, 7) is 11.7. The Morgan fingerprint density at radius 1 is 1.43 bits per heavy atom. The van der Waals surface area contributed by atoms with Gasteiger partial charge in [-0.1, -0.05) is 12.1 Å². The van der Waals surface area contributed by atoms with E-state index in [0.717, 1.165) is 12.0 Å². The van der Waals surface area contributed by atoms with E-state index in [0.29, 0.717) is 18.1 Å². The number of rotatable bonds is 4. The van der Waals surface area contributed by atoms with Crippen LogP contribution in [0.25, 0.3) is 0 Å². The van der Waals surface area contributed by atoms with Gasteiger partial charge >= 0.3 is 6.16 Å². The van der Waals surface area contributed by atoms with Gasteiger partial charge in [0, 0.05) is 30.6 Å². The Hall–Kier alpha value is -2.01. The molecule has 1 aliphatic heterocycles. The third kappa shape index (κ3) is 4.73. The van der Waals surface area contributed by atoms with Gasteiger partial charge in [0.25, 0.3) is 0 Å². The van der Waals surface area contributed by atoms with E-state index in [-0.39, 0.29) is 12.2 Å². The molecule has 0 spiro atoms. The molecule has 0 aliphatic carbocycles. The van der Waals surface area contributed by atoms with Crippen molar-refractivity contribution >= 4 is 6.16 Å². The standard InChI is InChI=1S/C18H24O5/c1-6-12-10-16(20-7-2)22-15-11-13(8-9-14(12)15)21-17(19)23-18(3,4)5/h6,8-9,11-12,16H,1,7,10H2,2-5H3/t12-,16-/m1/s1. The molecule has 0 amide bonds. The summed E-state index contributed by atoms with van der Waals surface area (Å²) in [5.74, 6) is 1.16. The summed E-state index contributed by atoms with van der Waals surface area (Å²) in [5, 5.41) is 0. The lowest BCUT2D eigenvalue weighted by Crippen LogP contribution is -2.28. The summed E-state index contributed by atoms with van der Waals surface area (Å²) in [6.07, 6.45) is 1.53. The van der Waals surface area contributed by atoms with Gasteiger partial charge in [0.15, 0.2) is 0 Å². The van der Waals surface area contributed by atoms with E-state index in [2.05, 4.69) is 6.58 Å². The lowest BCUT2D eigenvalue weighted by atomic mass is 9.92. The number of benzene rings is 1. The molecule has 0 aromatic heterocycles. The van der Waals surface area contributed by atoms with Crippen molar-refractivity contribution in [3.8, 4) is 11.5 Å². The largest absolute Gasteiger partial charge is 0.514 e. The average Bonchev–Trinajstić information content (AvgIpc) is 2.44. The van der Waals surface area contributed by atoms with E-state index >= 15 is 0 Å². The predicted octanol–water partition coefficient (Wildman–Crippen LogP) is 4.42. The summed E-state index contributed by atoms with van der Waals surface area (Å²) in [4.78, 5) is 11.8. The van der Waals surface area contributed by atoms with Crippen molar-refractivity contribution in [3.63, 3.8) is 0 Å². The molecule has 0 radical (unpaired) electrons. The maximum atomic E-state index is 11.8. The van der Waals surface area contributed by atoms with E-state index in [1.807, 2.05) is 19.1 Å². The number of ether oxygens (including phenoxy) is 4. The molecule has 0 bridgehead atoms. The topological polar surface area (TPSA) is 54.0 Å². The molecule has 1 aromatic carbocycles. The zero-order valence-electron chi connectivity index (χ0n) is 14.1. The minimum Gasteiger partial charge on any atom is -0.464 e. The first-order chi connectivity index (χ1) is 10.8. The molecule has 1 heterocycles. The number of carbonyl (C=O) groups excluding carboxylic acids is 1. The Labute approximate surface area is 137 Å². The first kappa shape index (κ1) is 17.3. The zero-order valence-corrected chi connectivity index (χ0v) is 14.1. The molecule has 2 atom stereocenters. The summed E-state index contributed by atoms with van der Waals surface area (Å²) < 4.78 is 21.7. The van der Waals surface area contributed by atoms with Crippen LogP contribution in [0.2, 0.25) is 0 Å². The quantitative estimate of drug-likeness (QED) is 0.467. The Balaban J connectivity index is 2.16. The summed E-state index contributed by atoms with van der Waals surface area (Å²) in [6, 6.07) is 5.29. The Morgan fingerprint density at radius 3 is 2.78 bits per heavy atom. The average molecular weight is 320 g/mol. The molecule has 0 unspecified atom stereocenters. The molecule has 0 fully saturated rings. The maximum absolute atomic E-state index is 11.8. The smallest absolute Gasteiger partial charge is 0.464 e. The first-order valence-corrected chi connectivity index (χ1v) is 7.78. The second kappa shape index (κ2) is 7.04. The van der Waals surface area contributed by atoms with Crippen molar-refractivity contribution in [2.24, 2.45) is 0 Å². The molecule has 126 valence electrons. The highest BCUT2D eigenvalue weighted by Crippen LogP contribution is 2.39. The number of hydrogen-bond acceptors (Lipinski definition) is 5. The highest BCUT2D eigenvalue weighted by Gasteiger charge is 2.27. The minimum atomic E-state index is -0.741. The number of fused-ring (bicyclic) bond motifs is 1. The fourth-order valence-corrected chi connectivity index (χ4v) is 2.39. The van der Waals surface area contributed by atoms with Crippen molar-refractivity contribution < 1.29 is 23.7 Å². The van der Waals surface area contributed by atoms with Gasteiger partial charge in [-0.3, -0.25) is 0 Å². The second-order valence-corrected chi connectivity index (χ2v) is 6.35. The van der Waals surface area contributed by atoms with E-state index in [9.17, 15) is 4.79 Å². The van der Waals surface area contributed by atoms with Crippen molar-refractivity contribution in [1.29, 1.82) is 0 Å². The summed E-state index contributed by atoms with van der Waals surface area (Å²) in [5.41, 5.74) is 0.406. The Kier molecular flexibility index (Phi) is 5.31. The molecule has 0 N–H and O–H groups in total. The lowest BCUT2D eigenvalue weighted by Gasteiger charge is -2.30. The fourth-order valence-electron chi connectivity index (χ4n) is 2.39. The third-order valence-electron chi connectivity index (χ3n) is 3.32.